The van der Waals surface area contributed by atoms with E-state index in [-0.39, 0.29) is 5.78 Å². The number of ketones is 1. The summed E-state index contributed by atoms with van der Waals surface area (Å²) in [4.78, 5) is 14.4. The predicted molar refractivity (Wildman–Crippen MR) is 93.5 cm³/mol. The summed E-state index contributed by atoms with van der Waals surface area (Å²) in [7, 11) is 4.06. The second-order valence-electron chi connectivity index (χ2n) is 5.51. The van der Waals surface area contributed by atoms with Crippen LogP contribution in [0.4, 0.5) is 0 Å². The van der Waals surface area contributed by atoms with E-state index in [1.807, 2.05) is 62.6 Å². The van der Waals surface area contributed by atoms with Crippen LogP contribution in [0.15, 0.2) is 54.6 Å². The summed E-state index contributed by atoms with van der Waals surface area (Å²) in [6.45, 7) is 0.900. The molecule has 0 atom stereocenters. The Hall–Kier alpha value is -1.90. The summed E-state index contributed by atoms with van der Waals surface area (Å²) in [5.41, 5.74) is 2.81. The number of nitrogens with zero attached hydrogens (tertiary/aromatic N) is 1. The number of hydrogen-bond acceptors (Lipinski definition) is 2. The number of halogens is 1. The molecule has 2 nitrogen and oxygen atoms in total. The van der Waals surface area contributed by atoms with Gasteiger partial charge in [-0.1, -0.05) is 60.2 Å². The minimum atomic E-state index is 0.117. The van der Waals surface area contributed by atoms with Crippen LogP contribution >= 0.6 is 11.6 Å². The molecule has 0 aliphatic rings. The van der Waals surface area contributed by atoms with Crippen molar-refractivity contribution in [2.45, 2.75) is 6.42 Å². The quantitative estimate of drug-likeness (QED) is 0.739. The molecule has 0 aliphatic heterocycles. The van der Waals surface area contributed by atoms with E-state index in [2.05, 4.69) is 17.1 Å². The molecular formula is C19H20ClNO. The maximum absolute atomic E-state index is 12.3. The minimum Gasteiger partial charge on any atom is -0.306 e. The number of rotatable bonds is 6. The zero-order chi connectivity index (χ0) is 15.9. The van der Waals surface area contributed by atoms with Gasteiger partial charge in [-0.2, -0.15) is 0 Å². The molecule has 22 heavy (non-hydrogen) atoms. The Morgan fingerprint density at radius 1 is 1.05 bits per heavy atom. The van der Waals surface area contributed by atoms with E-state index in [0.29, 0.717) is 11.4 Å². The molecule has 2 aromatic carbocycles. The third-order valence-electron chi connectivity index (χ3n) is 3.29. The van der Waals surface area contributed by atoms with Gasteiger partial charge in [0.05, 0.1) is 0 Å². The van der Waals surface area contributed by atoms with Crippen LogP contribution in [0.3, 0.4) is 0 Å². The van der Waals surface area contributed by atoms with E-state index >= 15 is 0 Å². The van der Waals surface area contributed by atoms with Crippen LogP contribution in [0.2, 0.25) is 5.02 Å². The molecule has 0 aliphatic carbocycles. The van der Waals surface area contributed by atoms with Crippen molar-refractivity contribution >= 4 is 23.5 Å². The Kier molecular flexibility index (Phi) is 5.93. The Balaban J connectivity index is 1.99. The van der Waals surface area contributed by atoms with Crippen molar-refractivity contribution in [3.05, 3.63) is 76.3 Å². The number of hydrogen-bond donors (Lipinski definition) is 0. The summed E-state index contributed by atoms with van der Waals surface area (Å²) in [6, 6.07) is 15.1. The van der Waals surface area contributed by atoms with Crippen molar-refractivity contribution in [2.75, 3.05) is 20.6 Å². The molecule has 2 aromatic rings. The monoisotopic (exact) mass is 313 g/mol. The normalized spacial score (nSPS) is 11.3. The van der Waals surface area contributed by atoms with Crippen molar-refractivity contribution in [3.8, 4) is 0 Å². The zero-order valence-corrected chi connectivity index (χ0v) is 13.7. The van der Waals surface area contributed by atoms with Gasteiger partial charge in [-0.25, -0.2) is 0 Å². The van der Waals surface area contributed by atoms with Crippen molar-refractivity contribution in [1.82, 2.24) is 4.90 Å². The Morgan fingerprint density at radius 2 is 1.68 bits per heavy atom. The standard InChI is InChI=1S/C19H20ClNO/c1-21(2)13-3-4-15-5-9-17(10-6-15)19(22)14-16-7-11-18(20)12-8-16/h3-12H,13-14H2,1-2H3/b4-3+. The van der Waals surface area contributed by atoms with Crippen molar-refractivity contribution in [3.63, 3.8) is 0 Å². The number of Topliss-reactive ketones (excluding diaryl/α,β-unsaturated/α-hetero) is 1. The number of benzene rings is 2. The van der Waals surface area contributed by atoms with Crippen LogP contribution in [0.25, 0.3) is 6.08 Å². The minimum absolute atomic E-state index is 0.117. The summed E-state index contributed by atoms with van der Waals surface area (Å²) in [6.07, 6.45) is 4.56. The number of carbonyl (C=O) groups excluding carboxylic acids is 1. The third kappa shape index (κ3) is 5.14. The van der Waals surface area contributed by atoms with Gasteiger partial charge in [-0.05, 0) is 37.4 Å². The van der Waals surface area contributed by atoms with Gasteiger partial charge in [0, 0.05) is 23.6 Å². The van der Waals surface area contributed by atoms with Crippen LogP contribution in [-0.2, 0) is 6.42 Å². The average Bonchev–Trinajstić information content (AvgIpc) is 2.50. The Labute approximate surface area is 137 Å². The molecule has 0 radical (unpaired) electrons. The van der Waals surface area contributed by atoms with Gasteiger partial charge in [0.15, 0.2) is 5.78 Å². The largest absolute Gasteiger partial charge is 0.306 e. The highest BCUT2D eigenvalue weighted by atomic mass is 35.5. The Morgan fingerprint density at radius 3 is 2.27 bits per heavy atom. The fraction of sp³-hybridized carbons (Fsp3) is 0.211. The zero-order valence-electron chi connectivity index (χ0n) is 12.9. The van der Waals surface area contributed by atoms with Crippen molar-refractivity contribution < 1.29 is 4.79 Å². The molecule has 0 aromatic heterocycles. The van der Waals surface area contributed by atoms with Crippen molar-refractivity contribution in [2.24, 2.45) is 0 Å². The van der Waals surface area contributed by atoms with E-state index in [9.17, 15) is 4.79 Å². The second kappa shape index (κ2) is 7.92. The number of likely N-dealkylation sites (N-methyl/N-ethyl adjacent to an activating group) is 1. The highest BCUT2D eigenvalue weighted by molar-refractivity contribution is 6.30. The van der Waals surface area contributed by atoms with Crippen molar-refractivity contribution in [1.29, 1.82) is 0 Å². The summed E-state index contributed by atoms with van der Waals surface area (Å²) in [5.74, 6) is 0.117. The summed E-state index contributed by atoms with van der Waals surface area (Å²) >= 11 is 5.85. The molecule has 0 saturated carbocycles. The maximum atomic E-state index is 12.3. The van der Waals surface area contributed by atoms with Crippen LogP contribution in [0.5, 0.6) is 0 Å². The lowest BCUT2D eigenvalue weighted by Gasteiger charge is -2.04. The lowest BCUT2D eigenvalue weighted by atomic mass is 10.0. The van der Waals surface area contributed by atoms with Crippen LogP contribution in [0, 0.1) is 0 Å². The van der Waals surface area contributed by atoms with Gasteiger partial charge >= 0.3 is 0 Å². The van der Waals surface area contributed by atoms with Gasteiger partial charge in [-0.15, -0.1) is 0 Å². The molecule has 0 fully saturated rings. The first-order valence-corrected chi connectivity index (χ1v) is 7.61. The lowest BCUT2D eigenvalue weighted by Crippen LogP contribution is -2.10. The molecule has 0 amide bonds. The molecular weight excluding hydrogens is 294 g/mol. The first kappa shape index (κ1) is 16.5. The van der Waals surface area contributed by atoms with Crippen LogP contribution < -0.4 is 0 Å². The SMILES string of the molecule is CN(C)C/C=C/c1ccc(C(=O)Cc2ccc(Cl)cc2)cc1. The molecule has 3 heteroatoms. The lowest BCUT2D eigenvalue weighted by molar-refractivity contribution is 0.0993. The smallest absolute Gasteiger partial charge is 0.167 e. The van der Waals surface area contributed by atoms with E-state index in [1.165, 1.54) is 0 Å². The van der Waals surface area contributed by atoms with Gasteiger partial charge in [0.25, 0.3) is 0 Å². The molecule has 0 bridgehead atoms. The molecule has 2 rings (SSSR count). The fourth-order valence-electron chi connectivity index (χ4n) is 2.07. The highest BCUT2D eigenvalue weighted by Gasteiger charge is 2.06. The second-order valence-corrected chi connectivity index (χ2v) is 5.95. The molecule has 0 unspecified atom stereocenters. The van der Waals surface area contributed by atoms with Gasteiger partial charge in [0.2, 0.25) is 0 Å². The van der Waals surface area contributed by atoms with E-state index in [4.69, 9.17) is 11.6 Å². The maximum Gasteiger partial charge on any atom is 0.167 e. The van der Waals surface area contributed by atoms with Crippen LogP contribution in [-0.4, -0.2) is 31.3 Å². The topological polar surface area (TPSA) is 20.3 Å². The van der Waals surface area contributed by atoms with Gasteiger partial charge in [-0.3, -0.25) is 4.79 Å². The number of carbonyl (C=O) groups is 1. The van der Waals surface area contributed by atoms with Crippen LogP contribution in [0.1, 0.15) is 21.5 Å². The predicted octanol–water partition coefficient (Wildman–Crippen LogP) is 4.34. The average molecular weight is 314 g/mol. The third-order valence-corrected chi connectivity index (χ3v) is 3.54. The van der Waals surface area contributed by atoms with Gasteiger partial charge < -0.3 is 4.90 Å². The first-order chi connectivity index (χ1) is 10.5. The Bertz CT molecular complexity index is 642. The van der Waals surface area contributed by atoms with E-state index < -0.39 is 0 Å². The summed E-state index contributed by atoms with van der Waals surface area (Å²) < 4.78 is 0. The molecule has 0 spiro atoms. The van der Waals surface area contributed by atoms with Gasteiger partial charge in [0.1, 0.15) is 0 Å². The van der Waals surface area contributed by atoms with E-state index in [0.717, 1.165) is 23.2 Å². The first-order valence-electron chi connectivity index (χ1n) is 7.23. The molecule has 0 N–H and O–H groups in total. The fourth-order valence-corrected chi connectivity index (χ4v) is 2.20. The summed E-state index contributed by atoms with van der Waals surface area (Å²) in [5, 5.41) is 0.685. The molecule has 0 heterocycles. The molecule has 114 valence electrons. The molecule has 0 saturated heterocycles. The van der Waals surface area contributed by atoms with E-state index in [1.54, 1.807) is 0 Å². The highest BCUT2D eigenvalue weighted by Crippen LogP contribution is 2.13.